The van der Waals surface area contributed by atoms with Crippen LogP contribution in [0.1, 0.15) is 33.1 Å². The third-order valence-corrected chi connectivity index (χ3v) is 5.24. The fraction of sp³-hybridized carbons (Fsp3) is 0.650. The van der Waals surface area contributed by atoms with Crippen LogP contribution in [0.4, 0.5) is 10.5 Å². The molecule has 2 aliphatic rings. The van der Waals surface area contributed by atoms with Gasteiger partial charge in [0.05, 0.1) is 12.2 Å². The molecule has 2 atom stereocenters. The molecule has 138 valence electrons. The van der Waals surface area contributed by atoms with Crippen LogP contribution >= 0.6 is 0 Å². The van der Waals surface area contributed by atoms with Crippen molar-refractivity contribution in [3.8, 4) is 0 Å². The van der Waals surface area contributed by atoms with Crippen LogP contribution in [-0.2, 0) is 4.74 Å². The summed E-state index contributed by atoms with van der Waals surface area (Å²) in [5, 5.41) is 3.16. The maximum atomic E-state index is 12.6. The Bertz CT molecular complexity index is 541. The number of hydrogen-bond donors (Lipinski definition) is 1. The Balaban J connectivity index is 1.46. The van der Waals surface area contributed by atoms with Gasteiger partial charge in [-0.15, -0.1) is 0 Å². The summed E-state index contributed by atoms with van der Waals surface area (Å²) >= 11 is 0. The lowest BCUT2D eigenvalue weighted by Crippen LogP contribution is -2.45. The van der Waals surface area contributed by atoms with Crippen molar-refractivity contribution in [1.29, 1.82) is 0 Å². The molecule has 0 saturated carbocycles. The largest absolute Gasteiger partial charge is 0.376 e. The van der Waals surface area contributed by atoms with E-state index in [-0.39, 0.29) is 6.03 Å². The summed E-state index contributed by atoms with van der Waals surface area (Å²) in [6.07, 6.45) is 3.67. The first-order valence-electron chi connectivity index (χ1n) is 9.60. The smallest absolute Gasteiger partial charge is 0.317 e. The number of hydrogen-bond acceptors (Lipinski definition) is 3. The molecule has 0 spiro atoms. The Morgan fingerprint density at radius 3 is 2.52 bits per heavy atom. The van der Waals surface area contributed by atoms with Crippen LogP contribution in [0.15, 0.2) is 30.3 Å². The number of carbonyl (C=O) groups excluding carboxylic acids is 1. The van der Waals surface area contributed by atoms with Crippen molar-refractivity contribution in [2.24, 2.45) is 5.92 Å². The Kier molecular flexibility index (Phi) is 6.19. The zero-order valence-corrected chi connectivity index (χ0v) is 15.5. The van der Waals surface area contributed by atoms with Crippen molar-refractivity contribution >= 4 is 11.7 Å². The van der Waals surface area contributed by atoms with Gasteiger partial charge < -0.3 is 19.9 Å². The summed E-state index contributed by atoms with van der Waals surface area (Å²) in [6.45, 7) is 8.51. The lowest BCUT2D eigenvalue weighted by molar-refractivity contribution is -0.0512. The molecular weight excluding hydrogens is 314 g/mol. The van der Waals surface area contributed by atoms with Gasteiger partial charge >= 0.3 is 6.03 Å². The van der Waals surface area contributed by atoms with Crippen molar-refractivity contribution in [3.05, 3.63) is 30.3 Å². The number of nitrogens with one attached hydrogen (secondary N) is 1. The standard InChI is InChI=1S/C20H31N3O2/c1-16-13-18(14-17(2)25-16)15-21-20(24)23-10-6-9-22(11-12-23)19-7-4-3-5-8-19/h3-5,7-8,16-18H,6,9-15H2,1-2H3,(H,21,24)/t16-,17-/m1/s1. The predicted molar refractivity (Wildman–Crippen MR) is 101 cm³/mol. The number of carbonyl (C=O) groups is 1. The molecule has 0 aliphatic carbocycles. The van der Waals surface area contributed by atoms with E-state index >= 15 is 0 Å². The van der Waals surface area contributed by atoms with Crippen LogP contribution < -0.4 is 10.2 Å². The number of nitrogens with zero attached hydrogens (tertiary/aromatic N) is 2. The number of ether oxygens (including phenoxy) is 1. The van der Waals surface area contributed by atoms with Gasteiger partial charge in [0.15, 0.2) is 0 Å². The molecule has 0 bridgehead atoms. The zero-order valence-electron chi connectivity index (χ0n) is 15.5. The van der Waals surface area contributed by atoms with Gasteiger partial charge in [0.2, 0.25) is 0 Å². The van der Waals surface area contributed by atoms with Gasteiger partial charge in [-0.1, -0.05) is 18.2 Å². The van der Waals surface area contributed by atoms with Crippen molar-refractivity contribution in [2.75, 3.05) is 37.6 Å². The van der Waals surface area contributed by atoms with Crippen molar-refractivity contribution in [1.82, 2.24) is 10.2 Å². The van der Waals surface area contributed by atoms with Gasteiger partial charge in [0.1, 0.15) is 0 Å². The summed E-state index contributed by atoms with van der Waals surface area (Å²) in [7, 11) is 0. The summed E-state index contributed by atoms with van der Waals surface area (Å²) in [5.41, 5.74) is 1.25. The third-order valence-electron chi connectivity index (χ3n) is 5.24. The van der Waals surface area contributed by atoms with E-state index in [1.54, 1.807) is 0 Å². The minimum atomic E-state index is 0.0849. The second-order valence-electron chi connectivity index (χ2n) is 7.44. The molecule has 2 amide bonds. The van der Waals surface area contributed by atoms with Crippen molar-refractivity contribution in [2.45, 2.75) is 45.3 Å². The Labute approximate surface area is 151 Å². The Hall–Kier alpha value is -1.75. The summed E-state index contributed by atoms with van der Waals surface area (Å²) in [5.74, 6) is 0.524. The number of amides is 2. The van der Waals surface area contributed by atoms with E-state index in [0.717, 1.165) is 52.0 Å². The highest BCUT2D eigenvalue weighted by Gasteiger charge is 2.26. The first-order chi connectivity index (χ1) is 12.1. The lowest BCUT2D eigenvalue weighted by atomic mass is 9.92. The summed E-state index contributed by atoms with van der Waals surface area (Å²) < 4.78 is 5.78. The predicted octanol–water partition coefficient (Wildman–Crippen LogP) is 3.11. The molecule has 1 aromatic carbocycles. The molecule has 3 rings (SSSR count). The molecule has 2 saturated heterocycles. The fourth-order valence-electron chi connectivity index (χ4n) is 4.07. The highest BCUT2D eigenvalue weighted by Crippen LogP contribution is 2.24. The van der Waals surface area contributed by atoms with Gasteiger partial charge in [0, 0.05) is 38.4 Å². The Morgan fingerprint density at radius 1 is 1.08 bits per heavy atom. The van der Waals surface area contributed by atoms with Crippen LogP contribution in [0.3, 0.4) is 0 Å². The molecule has 0 aromatic heterocycles. The van der Waals surface area contributed by atoms with Gasteiger partial charge in [-0.3, -0.25) is 0 Å². The molecule has 2 heterocycles. The van der Waals surface area contributed by atoms with Crippen LogP contribution in [-0.4, -0.2) is 55.9 Å². The van der Waals surface area contributed by atoms with E-state index < -0.39 is 0 Å². The van der Waals surface area contributed by atoms with Crippen LogP contribution in [0.2, 0.25) is 0 Å². The van der Waals surface area contributed by atoms with Gasteiger partial charge in [0.25, 0.3) is 0 Å². The first-order valence-corrected chi connectivity index (χ1v) is 9.60. The van der Waals surface area contributed by atoms with E-state index in [4.69, 9.17) is 4.74 Å². The number of anilines is 1. The first kappa shape index (κ1) is 18.1. The average Bonchev–Trinajstić information content (AvgIpc) is 2.86. The van der Waals surface area contributed by atoms with Gasteiger partial charge in [-0.25, -0.2) is 4.79 Å². The zero-order chi connectivity index (χ0) is 17.6. The van der Waals surface area contributed by atoms with E-state index in [0.29, 0.717) is 18.1 Å². The minimum absolute atomic E-state index is 0.0849. The number of benzene rings is 1. The molecule has 2 aliphatic heterocycles. The summed E-state index contributed by atoms with van der Waals surface area (Å²) in [6, 6.07) is 10.5. The number of rotatable bonds is 3. The molecular formula is C20H31N3O2. The SMILES string of the molecule is C[C@@H]1CC(CNC(=O)N2CCCN(c3ccccc3)CC2)C[C@@H](C)O1. The summed E-state index contributed by atoms with van der Waals surface area (Å²) in [4.78, 5) is 16.9. The molecule has 2 fully saturated rings. The van der Waals surface area contributed by atoms with Crippen molar-refractivity contribution in [3.63, 3.8) is 0 Å². The normalized spacial score (nSPS) is 27.7. The van der Waals surface area contributed by atoms with E-state index in [1.165, 1.54) is 5.69 Å². The van der Waals surface area contributed by atoms with E-state index in [1.807, 2.05) is 11.0 Å². The highest BCUT2D eigenvalue weighted by atomic mass is 16.5. The van der Waals surface area contributed by atoms with Crippen LogP contribution in [0.25, 0.3) is 0 Å². The molecule has 1 N–H and O–H groups in total. The lowest BCUT2D eigenvalue weighted by Gasteiger charge is -2.32. The topological polar surface area (TPSA) is 44.8 Å². The molecule has 1 aromatic rings. The molecule has 5 nitrogen and oxygen atoms in total. The second-order valence-corrected chi connectivity index (χ2v) is 7.44. The van der Waals surface area contributed by atoms with Crippen LogP contribution in [0, 0.1) is 5.92 Å². The monoisotopic (exact) mass is 345 g/mol. The quantitative estimate of drug-likeness (QED) is 0.915. The second kappa shape index (κ2) is 8.56. The maximum absolute atomic E-state index is 12.6. The molecule has 0 radical (unpaired) electrons. The van der Waals surface area contributed by atoms with Crippen molar-refractivity contribution < 1.29 is 9.53 Å². The minimum Gasteiger partial charge on any atom is -0.376 e. The number of para-hydroxylation sites is 1. The highest BCUT2D eigenvalue weighted by molar-refractivity contribution is 5.74. The Morgan fingerprint density at radius 2 is 1.80 bits per heavy atom. The third kappa shape index (κ3) is 5.11. The molecule has 5 heteroatoms. The van der Waals surface area contributed by atoms with E-state index in [2.05, 4.69) is 48.3 Å². The van der Waals surface area contributed by atoms with Gasteiger partial charge in [-0.2, -0.15) is 0 Å². The van der Waals surface area contributed by atoms with E-state index in [9.17, 15) is 4.79 Å². The molecule has 0 unspecified atom stereocenters. The average molecular weight is 345 g/mol. The fourth-order valence-corrected chi connectivity index (χ4v) is 4.07. The van der Waals surface area contributed by atoms with Gasteiger partial charge in [-0.05, 0) is 51.2 Å². The number of urea groups is 1. The van der Waals surface area contributed by atoms with Crippen LogP contribution in [0.5, 0.6) is 0 Å². The maximum Gasteiger partial charge on any atom is 0.317 e. The molecule has 25 heavy (non-hydrogen) atoms.